The van der Waals surface area contributed by atoms with Gasteiger partial charge in [0, 0.05) is 21.9 Å². The van der Waals surface area contributed by atoms with Crippen molar-refractivity contribution >= 4 is 28.2 Å². The first kappa shape index (κ1) is 21.1. The largest absolute Gasteiger partial charge is 0.478 e. The van der Waals surface area contributed by atoms with Crippen molar-refractivity contribution in [3.8, 4) is 11.5 Å². The Labute approximate surface area is 196 Å². The monoisotopic (exact) mass is 467 g/mol. The number of hydrogen-bond donors (Lipinski definition) is 2. The second kappa shape index (κ2) is 7.52. The van der Waals surface area contributed by atoms with Crippen molar-refractivity contribution in [2.24, 2.45) is 17.3 Å². The predicted molar refractivity (Wildman–Crippen MR) is 124 cm³/mol. The number of aliphatic carboxylic acids is 1. The van der Waals surface area contributed by atoms with E-state index in [0.717, 1.165) is 69.2 Å². The van der Waals surface area contributed by atoms with E-state index >= 15 is 0 Å². The Kier molecular flexibility index (Phi) is 4.80. The lowest BCUT2D eigenvalue weighted by Gasteiger charge is -2.37. The van der Waals surface area contributed by atoms with Crippen LogP contribution in [0.1, 0.15) is 81.0 Å². The molecule has 174 valence electrons. The second-order valence-corrected chi connectivity index (χ2v) is 12.0. The highest BCUT2D eigenvalue weighted by atomic mass is 32.1. The minimum atomic E-state index is -0.951. The minimum absolute atomic E-state index is 0.0119. The highest BCUT2D eigenvalue weighted by molar-refractivity contribution is 7.17. The number of carboxylic acids is 1. The van der Waals surface area contributed by atoms with Crippen LogP contribution in [0, 0.1) is 17.3 Å². The van der Waals surface area contributed by atoms with E-state index in [0.29, 0.717) is 28.0 Å². The Balaban J connectivity index is 1.41. The van der Waals surface area contributed by atoms with Gasteiger partial charge in [0.1, 0.15) is 5.00 Å². The molecular formula is C25H29N3O4S. The van der Waals surface area contributed by atoms with Crippen LogP contribution in [0.4, 0.5) is 5.00 Å². The van der Waals surface area contributed by atoms with Gasteiger partial charge in [0.25, 0.3) is 11.8 Å². The molecule has 2 fully saturated rings. The summed E-state index contributed by atoms with van der Waals surface area (Å²) in [5.74, 6) is 0.395. The minimum Gasteiger partial charge on any atom is -0.478 e. The summed E-state index contributed by atoms with van der Waals surface area (Å²) in [5, 5.41) is 17.9. The smallest absolute Gasteiger partial charge is 0.332 e. The van der Waals surface area contributed by atoms with Gasteiger partial charge in [0.05, 0.1) is 5.56 Å². The first-order valence-electron chi connectivity index (χ1n) is 12.1. The normalized spacial score (nSPS) is 25.8. The van der Waals surface area contributed by atoms with E-state index in [1.54, 1.807) is 11.3 Å². The van der Waals surface area contributed by atoms with Gasteiger partial charge in [-0.15, -0.1) is 11.3 Å². The molecule has 0 unspecified atom stereocenters. The maximum atomic E-state index is 13.5. The number of carboxylic acid groups (broad SMARTS) is 1. The molecule has 7 nitrogen and oxygen atoms in total. The Morgan fingerprint density at radius 3 is 2.39 bits per heavy atom. The molecule has 0 aliphatic heterocycles. The molecule has 2 bridgehead atoms. The van der Waals surface area contributed by atoms with Gasteiger partial charge in [-0.05, 0) is 80.6 Å². The van der Waals surface area contributed by atoms with E-state index in [-0.39, 0.29) is 23.2 Å². The summed E-state index contributed by atoms with van der Waals surface area (Å²) in [5.41, 5.74) is 2.99. The number of fused-ring (bicyclic) bond motifs is 3. The molecular weight excluding hydrogens is 438 g/mol. The van der Waals surface area contributed by atoms with Gasteiger partial charge >= 0.3 is 5.97 Å². The molecule has 5 aliphatic carbocycles. The summed E-state index contributed by atoms with van der Waals surface area (Å²) in [6, 6.07) is 0. The number of carbonyl (C=O) groups excluding carboxylic acids is 1. The fourth-order valence-corrected chi connectivity index (χ4v) is 7.16. The number of aromatic nitrogens is 2. The van der Waals surface area contributed by atoms with E-state index in [1.165, 1.54) is 10.4 Å². The van der Waals surface area contributed by atoms with Crippen LogP contribution in [0.5, 0.6) is 0 Å². The maximum Gasteiger partial charge on any atom is 0.332 e. The van der Waals surface area contributed by atoms with E-state index in [9.17, 15) is 14.7 Å². The van der Waals surface area contributed by atoms with Gasteiger partial charge in [-0.25, -0.2) is 4.79 Å². The van der Waals surface area contributed by atoms with Gasteiger partial charge in [0.2, 0.25) is 0 Å². The summed E-state index contributed by atoms with van der Waals surface area (Å²) in [4.78, 5) is 31.5. The van der Waals surface area contributed by atoms with Gasteiger partial charge in [-0.2, -0.15) is 4.98 Å². The highest BCUT2D eigenvalue weighted by Crippen LogP contribution is 2.50. The summed E-state index contributed by atoms with van der Waals surface area (Å²) in [6.45, 7) is 4.53. The van der Waals surface area contributed by atoms with Crippen molar-refractivity contribution in [3.63, 3.8) is 0 Å². The van der Waals surface area contributed by atoms with Crippen LogP contribution in [-0.4, -0.2) is 27.1 Å². The van der Waals surface area contributed by atoms with Crippen molar-refractivity contribution in [1.29, 1.82) is 0 Å². The Morgan fingerprint density at radius 2 is 1.73 bits per heavy atom. The summed E-state index contributed by atoms with van der Waals surface area (Å²) in [6.07, 6.45) is 8.61. The fourth-order valence-electron chi connectivity index (χ4n) is 5.96. The Bertz CT molecular complexity index is 1180. The van der Waals surface area contributed by atoms with Crippen LogP contribution in [0.2, 0.25) is 0 Å². The second-order valence-electron chi connectivity index (χ2n) is 10.9. The lowest BCUT2D eigenvalue weighted by molar-refractivity contribution is -0.134. The average molecular weight is 468 g/mol. The van der Waals surface area contributed by atoms with Crippen LogP contribution in [0.3, 0.4) is 0 Å². The number of anilines is 1. The van der Waals surface area contributed by atoms with Gasteiger partial charge in [-0.3, -0.25) is 4.79 Å². The van der Waals surface area contributed by atoms with Crippen molar-refractivity contribution in [3.05, 3.63) is 27.4 Å². The van der Waals surface area contributed by atoms with Crippen LogP contribution < -0.4 is 5.32 Å². The number of nitrogens with one attached hydrogen (secondary N) is 1. The van der Waals surface area contributed by atoms with Crippen LogP contribution in [0.25, 0.3) is 11.5 Å². The standard InChI is InChI=1S/C25H29N3O4S/c1-25(2)10-9-16-15(11-25)19(22-26-20(28-32-22)14-7-8-14)23(33-16)27-21(29)17-12-3-5-13(6-4-12)18(17)24(30)31/h12-14H,3-11H2,1-2H3,(H,27,29)(H,30,31). The number of carbonyl (C=O) groups is 2. The first-order valence-corrected chi connectivity index (χ1v) is 12.9. The molecule has 0 saturated heterocycles. The number of hydrogen-bond acceptors (Lipinski definition) is 6. The predicted octanol–water partition coefficient (Wildman–Crippen LogP) is 5.33. The summed E-state index contributed by atoms with van der Waals surface area (Å²) in [7, 11) is 0. The van der Waals surface area contributed by atoms with E-state index in [4.69, 9.17) is 9.51 Å². The Morgan fingerprint density at radius 1 is 1.06 bits per heavy atom. The molecule has 2 saturated carbocycles. The molecule has 0 radical (unpaired) electrons. The highest BCUT2D eigenvalue weighted by Gasteiger charge is 2.42. The van der Waals surface area contributed by atoms with Crippen molar-refractivity contribution in [2.75, 3.05) is 5.32 Å². The lowest BCUT2D eigenvalue weighted by Crippen LogP contribution is -2.35. The number of nitrogens with zero attached hydrogens (tertiary/aromatic N) is 2. The van der Waals surface area contributed by atoms with Gasteiger partial charge in [-0.1, -0.05) is 19.0 Å². The summed E-state index contributed by atoms with van der Waals surface area (Å²) >= 11 is 1.58. The number of amides is 1. The fraction of sp³-hybridized carbons (Fsp3) is 0.600. The van der Waals surface area contributed by atoms with E-state index in [1.807, 2.05) is 0 Å². The quantitative estimate of drug-likeness (QED) is 0.616. The third-order valence-electron chi connectivity index (χ3n) is 7.91. The molecule has 1 amide bonds. The molecule has 0 aromatic carbocycles. The molecule has 2 N–H and O–H groups in total. The molecule has 2 aromatic rings. The number of aryl methyl sites for hydroxylation is 1. The molecule has 5 aliphatic rings. The molecule has 7 rings (SSSR count). The maximum absolute atomic E-state index is 13.5. The van der Waals surface area contributed by atoms with Gasteiger partial charge in [0.15, 0.2) is 5.82 Å². The van der Waals surface area contributed by atoms with Crippen molar-refractivity contribution < 1.29 is 19.2 Å². The topological polar surface area (TPSA) is 105 Å². The van der Waals surface area contributed by atoms with Crippen LogP contribution >= 0.6 is 11.3 Å². The van der Waals surface area contributed by atoms with Crippen molar-refractivity contribution in [1.82, 2.24) is 10.1 Å². The van der Waals surface area contributed by atoms with E-state index < -0.39 is 5.97 Å². The number of thiophene rings is 1. The van der Waals surface area contributed by atoms with Crippen molar-refractivity contribution in [2.45, 2.75) is 77.6 Å². The molecule has 2 heterocycles. The van der Waals surface area contributed by atoms with Gasteiger partial charge < -0.3 is 14.9 Å². The average Bonchev–Trinajstić information content (AvgIpc) is 3.43. The number of rotatable bonds is 5. The van der Waals surface area contributed by atoms with Crippen LogP contribution in [0.15, 0.2) is 15.7 Å². The lowest BCUT2D eigenvalue weighted by atomic mass is 9.66. The third kappa shape index (κ3) is 3.63. The SMILES string of the molecule is CC1(C)CCc2sc(NC(=O)C3=C(C(=O)O)C4CCC3CC4)c(-c3nc(C4CC4)no3)c2C1. The third-order valence-corrected chi connectivity index (χ3v) is 9.12. The Hall–Kier alpha value is -2.48. The molecule has 2 aromatic heterocycles. The first-order chi connectivity index (χ1) is 15.8. The van der Waals surface area contributed by atoms with E-state index in [2.05, 4.69) is 24.3 Å². The zero-order valence-corrected chi connectivity index (χ0v) is 19.9. The van der Waals surface area contributed by atoms with Crippen LogP contribution in [-0.2, 0) is 22.4 Å². The zero-order valence-electron chi connectivity index (χ0n) is 19.1. The molecule has 8 heteroatoms. The molecule has 0 spiro atoms. The molecule has 33 heavy (non-hydrogen) atoms. The molecule has 0 atom stereocenters. The zero-order chi connectivity index (χ0) is 22.9. The summed E-state index contributed by atoms with van der Waals surface area (Å²) < 4.78 is 5.71.